The molecule has 1 atom stereocenters. The first-order valence-electron chi connectivity index (χ1n) is 5.78. The van der Waals surface area contributed by atoms with E-state index in [2.05, 4.69) is 10.3 Å². The molecule has 98 valence electrons. The van der Waals surface area contributed by atoms with Gasteiger partial charge in [0.25, 0.3) is 0 Å². The van der Waals surface area contributed by atoms with E-state index in [1.807, 2.05) is 13.0 Å². The van der Waals surface area contributed by atoms with Gasteiger partial charge in [-0.15, -0.1) is 0 Å². The van der Waals surface area contributed by atoms with Crippen molar-refractivity contribution in [3.63, 3.8) is 0 Å². The number of carboxylic acid groups (broad SMARTS) is 1. The van der Waals surface area contributed by atoms with E-state index in [9.17, 15) is 9.18 Å². The molecule has 0 amide bonds. The smallest absolute Gasteiger partial charge is 0.340 e. The lowest BCUT2D eigenvalue weighted by Crippen LogP contribution is -2.12. The molecular weight excluding hydrogens is 247 g/mol. The highest BCUT2D eigenvalue weighted by Gasteiger charge is 2.17. The summed E-state index contributed by atoms with van der Waals surface area (Å²) in [5, 5.41) is 12.0. The van der Waals surface area contributed by atoms with Crippen molar-refractivity contribution < 1.29 is 14.3 Å². The Morgan fingerprint density at radius 3 is 2.79 bits per heavy atom. The van der Waals surface area contributed by atoms with Crippen molar-refractivity contribution >= 4 is 11.7 Å². The maximum atomic E-state index is 13.5. The number of benzene rings is 1. The van der Waals surface area contributed by atoms with Crippen LogP contribution < -0.4 is 5.32 Å². The predicted octanol–water partition coefficient (Wildman–Crippen LogP) is 3.09. The summed E-state index contributed by atoms with van der Waals surface area (Å²) in [6.45, 7) is 1.85. The normalized spacial score (nSPS) is 11.9. The third-order valence-corrected chi connectivity index (χ3v) is 2.78. The van der Waals surface area contributed by atoms with E-state index in [0.29, 0.717) is 0 Å². The van der Waals surface area contributed by atoms with Crippen LogP contribution in [0.4, 0.5) is 10.1 Å². The van der Waals surface area contributed by atoms with Gasteiger partial charge >= 0.3 is 5.97 Å². The van der Waals surface area contributed by atoms with E-state index >= 15 is 0 Å². The molecule has 2 rings (SSSR count). The number of carbonyl (C=O) groups is 1. The van der Waals surface area contributed by atoms with Gasteiger partial charge in [-0.1, -0.05) is 12.1 Å². The SMILES string of the molecule is CC(Nc1cccc(F)c1C(=O)O)c1cccnc1. The molecule has 0 radical (unpaired) electrons. The average molecular weight is 260 g/mol. The van der Waals surface area contributed by atoms with Crippen molar-refractivity contribution in [2.45, 2.75) is 13.0 Å². The Morgan fingerprint density at radius 2 is 2.16 bits per heavy atom. The Kier molecular flexibility index (Phi) is 3.75. The summed E-state index contributed by atoms with van der Waals surface area (Å²) in [4.78, 5) is 15.1. The van der Waals surface area contributed by atoms with Crippen LogP contribution in [0.2, 0.25) is 0 Å². The molecule has 5 heteroatoms. The third-order valence-electron chi connectivity index (χ3n) is 2.78. The lowest BCUT2D eigenvalue weighted by atomic mass is 10.1. The molecule has 0 fully saturated rings. The molecule has 19 heavy (non-hydrogen) atoms. The van der Waals surface area contributed by atoms with Gasteiger partial charge in [0.05, 0.1) is 11.7 Å². The Balaban J connectivity index is 2.29. The van der Waals surface area contributed by atoms with Gasteiger partial charge in [-0.25, -0.2) is 9.18 Å². The Labute approximate surface area is 109 Å². The standard InChI is InChI=1S/C14H13FN2O2/c1-9(10-4-3-7-16-8-10)17-12-6-2-5-11(15)13(12)14(18)19/h2-9,17H,1H3,(H,18,19). The molecule has 0 saturated heterocycles. The number of carboxylic acids is 1. The quantitative estimate of drug-likeness (QED) is 0.886. The van der Waals surface area contributed by atoms with E-state index in [0.717, 1.165) is 11.6 Å². The average Bonchev–Trinajstić information content (AvgIpc) is 2.39. The van der Waals surface area contributed by atoms with Crippen molar-refractivity contribution in [2.24, 2.45) is 0 Å². The Hall–Kier alpha value is -2.43. The summed E-state index contributed by atoms with van der Waals surface area (Å²) < 4.78 is 13.5. The number of hydrogen-bond acceptors (Lipinski definition) is 3. The highest BCUT2D eigenvalue weighted by Crippen LogP contribution is 2.24. The van der Waals surface area contributed by atoms with Crippen LogP contribution in [0, 0.1) is 5.82 Å². The first-order chi connectivity index (χ1) is 9.09. The second kappa shape index (κ2) is 5.48. The highest BCUT2D eigenvalue weighted by molar-refractivity contribution is 5.94. The zero-order chi connectivity index (χ0) is 13.8. The molecular formula is C14H13FN2O2. The lowest BCUT2D eigenvalue weighted by molar-refractivity contribution is 0.0693. The monoisotopic (exact) mass is 260 g/mol. The second-order valence-corrected chi connectivity index (χ2v) is 4.12. The molecule has 2 N–H and O–H groups in total. The topological polar surface area (TPSA) is 62.2 Å². The molecule has 0 aliphatic carbocycles. The van der Waals surface area contributed by atoms with E-state index in [-0.39, 0.29) is 17.3 Å². The van der Waals surface area contributed by atoms with Crippen molar-refractivity contribution in [3.05, 3.63) is 59.7 Å². The van der Waals surface area contributed by atoms with E-state index in [1.165, 1.54) is 6.07 Å². The van der Waals surface area contributed by atoms with Crippen LogP contribution in [0.5, 0.6) is 0 Å². The molecule has 1 aromatic heterocycles. The van der Waals surface area contributed by atoms with Gasteiger partial charge < -0.3 is 10.4 Å². The minimum absolute atomic E-state index is 0.173. The van der Waals surface area contributed by atoms with Gasteiger partial charge in [0.15, 0.2) is 0 Å². The van der Waals surface area contributed by atoms with E-state index in [1.54, 1.807) is 24.5 Å². The molecule has 0 spiro atoms. The van der Waals surface area contributed by atoms with Crippen LogP contribution in [0.1, 0.15) is 28.9 Å². The molecule has 0 saturated carbocycles. The van der Waals surface area contributed by atoms with Crippen LogP contribution in [0.25, 0.3) is 0 Å². The highest BCUT2D eigenvalue weighted by atomic mass is 19.1. The van der Waals surface area contributed by atoms with Gasteiger partial charge in [0.2, 0.25) is 0 Å². The summed E-state index contributed by atoms with van der Waals surface area (Å²) in [7, 11) is 0. The zero-order valence-electron chi connectivity index (χ0n) is 10.3. The number of anilines is 1. The number of nitrogens with zero attached hydrogens (tertiary/aromatic N) is 1. The van der Waals surface area contributed by atoms with Crippen molar-refractivity contribution in [1.29, 1.82) is 0 Å². The summed E-state index contributed by atoms with van der Waals surface area (Å²) in [5.74, 6) is -2.05. The van der Waals surface area contributed by atoms with Crippen molar-refractivity contribution in [1.82, 2.24) is 4.98 Å². The maximum absolute atomic E-state index is 13.5. The summed E-state index contributed by atoms with van der Waals surface area (Å²) in [6, 6.07) is 7.62. The molecule has 1 unspecified atom stereocenters. The zero-order valence-corrected chi connectivity index (χ0v) is 10.3. The fraction of sp³-hybridized carbons (Fsp3) is 0.143. The molecule has 0 aliphatic heterocycles. The predicted molar refractivity (Wildman–Crippen MR) is 69.6 cm³/mol. The summed E-state index contributed by atoms with van der Waals surface area (Å²) in [5.41, 5.74) is 0.796. The van der Waals surface area contributed by atoms with Gasteiger partial charge in [-0.3, -0.25) is 4.98 Å². The molecule has 1 heterocycles. The number of rotatable bonds is 4. The van der Waals surface area contributed by atoms with Crippen molar-refractivity contribution in [3.8, 4) is 0 Å². The molecule has 2 aromatic rings. The van der Waals surface area contributed by atoms with Gasteiger partial charge in [-0.2, -0.15) is 0 Å². The summed E-state index contributed by atoms with van der Waals surface area (Å²) in [6.07, 6.45) is 3.33. The van der Waals surface area contributed by atoms with E-state index < -0.39 is 11.8 Å². The fourth-order valence-corrected chi connectivity index (χ4v) is 1.81. The minimum atomic E-state index is -1.29. The van der Waals surface area contributed by atoms with Gasteiger partial charge in [-0.05, 0) is 30.7 Å². The number of aromatic nitrogens is 1. The number of aromatic carboxylic acids is 1. The molecule has 4 nitrogen and oxygen atoms in total. The van der Waals surface area contributed by atoms with Crippen LogP contribution in [-0.2, 0) is 0 Å². The van der Waals surface area contributed by atoms with Gasteiger partial charge in [0.1, 0.15) is 11.4 Å². The number of hydrogen-bond donors (Lipinski definition) is 2. The third kappa shape index (κ3) is 2.88. The largest absolute Gasteiger partial charge is 0.478 e. The number of pyridine rings is 1. The Morgan fingerprint density at radius 1 is 1.37 bits per heavy atom. The van der Waals surface area contributed by atoms with E-state index in [4.69, 9.17) is 5.11 Å². The molecule has 0 bridgehead atoms. The molecule has 0 aliphatic rings. The van der Waals surface area contributed by atoms with Gasteiger partial charge in [0, 0.05) is 12.4 Å². The maximum Gasteiger partial charge on any atom is 0.340 e. The first-order valence-corrected chi connectivity index (χ1v) is 5.78. The second-order valence-electron chi connectivity index (χ2n) is 4.12. The van der Waals surface area contributed by atoms with Crippen LogP contribution in [-0.4, -0.2) is 16.1 Å². The van der Waals surface area contributed by atoms with Crippen LogP contribution >= 0.6 is 0 Å². The fourth-order valence-electron chi connectivity index (χ4n) is 1.81. The lowest BCUT2D eigenvalue weighted by Gasteiger charge is -2.17. The van der Waals surface area contributed by atoms with Crippen molar-refractivity contribution in [2.75, 3.05) is 5.32 Å². The number of halogens is 1. The van der Waals surface area contributed by atoms with Crippen LogP contribution in [0.3, 0.4) is 0 Å². The minimum Gasteiger partial charge on any atom is -0.478 e. The molecule has 1 aromatic carbocycles. The first kappa shape index (κ1) is 13.0. The Bertz CT molecular complexity index is 587. The van der Waals surface area contributed by atoms with Crippen LogP contribution in [0.15, 0.2) is 42.7 Å². The summed E-state index contributed by atoms with van der Waals surface area (Å²) >= 11 is 0. The number of nitrogens with one attached hydrogen (secondary N) is 1.